The highest BCUT2D eigenvalue weighted by Crippen LogP contribution is 2.38. The van der Waals surface area contributed by atoms with Gasteiger partial charge in [-0.15, -0.1) is 11.8 Å². The molecule has 5 nitrogen and oxygen atoms in total. The van der Waals surface area contributed by atoms with Crippen LogP contribution in [0, 0.1) is 0 Å². The predicted octanol–water partition coefficient (Wildman–Crippen LogP) is 2.36. The molecule has 0 unspecified atom stereocenters. The van der Waals surface area contributed by atoms with Crippen molar-refractivity contribution in [3.05, 3.63) is 17.2 Å². The Labute approximate surface area is 126 Å². The van der Waals surface area contributed by atoms with Gasteiger partial charge < -0.3 is 19.5 Å². The van der Waals surface area contributed by atoms with Gasteiger partial charge in [-0.2, -0.15) is 0 Å². The van der Waals surface area contributed by atoms with Gasteiger partial charge in [0.25, 0.3) is 0 Å². The number of morpholine rings is 1. The number of carbonyl (C=O) groups is 1. The molecule has 1 saturated heterocycles. The summed E-state index contributed by atoms with van der Waals surface area (Å²) in [6.07, 6.45) is 0. The van der Waals surface area contributed by atoms with E-state index in [4.69, 9.17) is 26.2 Å². The van der Waals surface area contributed by atoms with Crippen LogP contribution in [0.1, 0.15) is 0 Å². The van der Waals surface area contributed by atoms with Crippen molar-refractivity contribution in [3.63, 3.8) is 0 Å². The summed E-state index contributed by atoms with van der Waals surface area (Å²) in [5, 5.41) is 9.35. The van der Waals surface area contributed by atoms with Crippen molar-refractivity contribution in [2.45, 2.75) is 4.90 Å². The number of ether oxygens (including phenoxy) is 2. The van der Waals surface area contributed by atoms with Gasteiger partial charge >= 0.3 is 5.97 Å². The van der Waals surface area contributed by atoms with Crippen LogP contribution in [-0.4, -0.2) is 50.2 Å². The number of hydrogen-bond acceptors (Lipinski definition) is 5. The van der Waals surface area contributed by atoms with Gasteiger partial charge in [-0.1, -0.05) is 11.6 Å². The lowest BCUT2D eigenvalue weighted by molar-refractivity contribution is -0.133. The van der Waals surface area contributed by atoms with Crippen LogP contribution >= 0.6 is 23.4 Å². The first-order chi connectivity index (χ1) is 9.61. The Morgan fingerprint density at radius 2 is 2.20 bits per heavy atom. The van der Waals surface area contributed by atoms with Crippen LogP contribution in [0.4, 0.5) is 5.69 Å². The second-order valence-electron chi connectivity index (χ2n) is 4.24. The molecule has 7 heteroatoms. The van der Waals surface area contributed by atoms with Crippen LogP contribution in [0.3, 0.4) is 0 Å². The Kier molecular flexibility index (Phi) is 5.39. The highest BCUT2D eigenvalue weighted by Gasteiger charge is 2.18. The molecule has 0 radical (unpaired) electrons. The smallest absolute Gasteiger partial charge is 0.313 e. The monoisotopic (exact) mass is 317 g/mol. The van der Waals surface area contributed by atoms with E-state index in [1.54, 1.807) is 13.2 Å². The van der Waals surface area contributed by atoms with Gasteiger partial charge in [-0.05, 0) is 6.07 Å². The maximum absolute atomic E-state index is 10.7. The normalized spacial score (nSPS) is 15.2. The highest BCUT2D eigenvalue weighted by atomic mass is 35.5. The summed E-state index contributed by atoms with van der Waals surface area (Å²) in [6, 6.07) is 3.62. The van der Waals surface area contributed by atoms with Gasteiger partial charge in [0.15, 0.2) is 0 Å². The quantitative estimate of drug-likeness (QED) is 0.841. The Morgan fingerprint density at radius 3 is 2.80 bits per heavy atom. The van der Waals surface area contributed by atoms with Crippen molar-refractivity contribution in [2.24, 2.45) is 0 Å². The molecule has 1 aromatic rings. The number of aliphatic carboxylic acids is 1. The number of methoxy groups -OCH3 is 1. The molecule has 110 valence electrons. The number of halogens is 1. The molecule has 1 N–H and O–H groups in total. The van der Waals surface area contributed by atoms with Gasteiger partial charge in [-0.25, -0.2) is 0 Å². The van der Waals surface area contributed by atoms with Crippen molar-refractivity contribution >= 4 is 35.0 Å². The molecule has 0 aromatic heterocycles. The molecule has 1 fully saturated rings. The van der Waals surface area contributed by atoms with Gasteiger partial charge in [0, 0.05) is 19.2 Å². The van der Waals surface area contributed by atoms with Crippen molar-refractivity contribution in [3.8, 4) is 5.75 Å². The number of benzene rings is 1. The van der Waals surface area contributed by atoms with E-state index in [0.29, 0.717) is 24.0 Å². The van der Waals surface area contributed by atoms with Crippen LogP contribution in [0.5, 0.6) is 5.75 Å². The Balaban J connectivity index is 2.24. The second kappa shape index (κ2) is 7.06. The molecule has 0 aliphatic carbocycles. The van der Waals surface area contributed by atoms with Crippen molar-refractivity contribution in [1.29, 1.82) is 0 Å². The fraction of sp³-hybridized carbons (Fsp3) is 0.462. The lowest BCUT2D eigenvalue weighted by Crippen LogP contribution is -2.36. The molecule has 1 aromatic carbocycles. The minimum atomic E-state index is -0.870. The summed E-state index contributed by atoms with van der Waals surface area (Å²) >= 11 is 7.51. The van der Waals surface area contributed by atoms with Crippen LogP contribution in [0.15, 0.2) is 17.0 Å². The lowest BCUT2D eigenvalue weighted by atomic mass is 10.2. The number of nitrogens with zero attached hydrogens (tertiary/aromatic N) is 1. The third-order valence-electron chi connectivity index (χ3n) is 2.94. The third kappa shape index (κ3) is 3.71. The fourth-order valence-electron chi connectivity index (χ4n) is 1.98. The number of thioether (sulfide) groups is 1. The third-order valence-corrected chi connectivity index (χ3v) is 4.26. The number of carboxylic acid groups (broad SMARTS) is 1. The van der Waals surface area contributed by atoms with E-state index < -0.39 is 5.97 Å². The van der Waals surface area contributed by atoms with E-state index in [2.05, 4.69) is 4.90 Å². The highest BCUT2D eigenvalue weighted by molar-refractivity contribution is 8.00. The van der Waals surface area contributed by atoms with E-state index in [0.717, 1.165) is 23.7 Å². The number of hydrogen-bond donors (Lipinski definition) is 1. The van der Waals surface area contributed by atoms with E-state index in [-0.39, 0.29) is 5.75 Å². The Hall–Kier alpha value is -1.11. The zero-order valence-electron chi connectivity index (χ0n) is 11.1. The summed E-state index contributed by atoms with van der Waals surface area (Å²) in [5.41, 5.74) is 0.895. The first-order valence-corrected chi connectivity index (χ1v) is 7.53. The summed E-state index contributed by atoms with van der Waals surface area (Å²) in [5.74, 6) is -0.253. The van der Waals surface area contributed by atoms with E-state index in [9.17, 15) is 4.79 Å². The molecule has 1 aliphatic rings. The minimum Gasteiger partial charge on any atom is -0.496 e. The first kappa shape index (κ1) is 15.3. The number of rotatable bonds is 5. The molecule has 0 spiro atoms. The van der Waals surface area contributed by atoms with Crippen LogP contribution in [-0.2, 0) is 9.53 Å². The number of carboxylic acids is 1. The SMILES string of the molecule is COc1cc(N2CCOCC2)c(Cl)cc1SCC(=O)O. The molecule has 0 saturated carbocycles. The Bertz CT molecular complexity index is 492. The van der Waals surface area contributed by atoms with E-state index in [1.807, 2.05) is 6.07 Å². The molecule has 2 rings (SSSR count). The maximum Gasteiger partial charge on any atom is 0.313 e. The van der Waals surface area contributed by atoms with Gasteiger partial charge in [0.2, 0.25) is 0 Å². The lowest BCUT2D eigenvalue weighted by Gasteiger charge is -2.30. The molecular formula is C13H16ClNO4S. The summed E-state index contributed by atoms with van der Waals surface area (Å²) in [7, 11) is 1.57. The number of anilines is 1. The minimum absolute atomic E-state index is 0.0242. The van der Waals surface area contributed by atoms with E-state index >= 15 is 0 Å². The summed E-state index contributed by atoms with van der Waals surface area (Å²) in [6.45, 7) is 2.91. The van der Waals surface area contributed by atoms with Gasteiger partial charge in [-0.3, -0.25) is 4.79 Å². The van der Waals surface area contributed by atoms with Gasteiger partial charge in [0.1, 0.15) is 5.75 Å². The topological polar surface area (TPSA) is 59.0 Å². The molecule has 0 atom stereocenters. The molecule has 0 bridgehead atoms. The van der Waals surface area contributed by atoms with Crippen LogP contribution < -0.4 is 9.64 Å². The molecular weight excluding hydrogens is 302 g/mol. The average Bonchev–Trinajstić information content (AvgIpc) is 2.46. The Morgan fingerprint density at radius 1 is 1.50 bits per heavy atom. The van der Waals surface area contributed by atoms with Crippen molar-refractivity contribution in [1.82, 2.24) is 0 Å². The van der Waals surface area contributed by atoms with E-state index in [1.165, 1.54) is 11.8 Å². The zero-order valence-corrected chi connectivity index (χ0v) is 12.7. The largest absolute Gasteiger partial charge is 0.496 e. The van der Waals surface area contributed by atoms with Crippen LogP contribution in [0.25, 0.3) is 0 Å². The molecule has 20 heavy (non-hydrogen) atoms. The average molecular weight is 318 g/mol. The predicted molar refractivity (Wildman–Crippen MR) is 79.4 cm³/mol. The van der Waals surface area contributed by atoms with Crippen LogP contribution in [0.2, 0.25) is 5.02 Å². The fourth-order valence-corrected chi connectivity index (χ4v) is 3.10. The first-order valence-electron chi connectivity index (χ1n) is 6.16. The zero-order chi connectivity index (χ0) is 14.5. The maximum atomic E-state index is 10.7. The standard InChI is InChI=1S/C13H16ClNO4S/c1-18-11-7-10(15-2-4-19-5-3-15)9(14)6-12(11)20-8-13(16)17/h6-7H,2-5,8H2,1H3,(H,16,17). The van der Waals surface area contributed by atoms with Crippen molar-refractivity contribution < 1.29 is 19.4 Å². The van der Waals surface area contributed by atoms with Gasteiger partial charge in [0.05, 0.1) is 41.7 Å². The second-order valence-corrected chi connectivity index (χ2v) is 5.66. The summed E-state index contributed by atoms with van der Waals surface area (Å²) < 4.78 is 10.7. The van der Waals surface area contributed by atoms with Crippen molar-refractivity contribution in [2.75, 3.05) is 44.1 Å². The summed E-state index contributed by atoms with van der Waals surface area (Å²) in [4.78, 5) is 13.5. The molecule has 0 amide bonds. The molecule has 1 heterocycles. The molecule has 1 aliphatic heterocycles.